The molecule has 1 atom stereocenters. The molecule has 0 aromatic heterocycles. The van der Waals surface area contributed by atoms with Crippen molar-refractivity contribution in [1.82, 2.24) is 5.32 Å². The Morgan fingerprint density at radius 1 is 1.56 bits per heavy atom. The zero-order valence-corrected chi connectivity index (χ0v) is 10.8. The molecule has 0 saturated carbocycles. The molecule has 1 aliphatic heterocycles. The first kappa shape index (κ1) is 11.6. The van der Waals surface area contributed by atoms with Gasteiger partial charge in [-0.3, -0.25) is 4.79 Å². The lowest BCUT2D eigenvalue weighted by atomic mass is 10.2. The maximum absolute atomic E-state index is 11.9. The second-order valence-electron chi connectivity index (χ2n) is 4.12. The molecule has 1 amide bonds. The van der Waals surface area contributed by atoms with Gasteiger partial charge in [-0.15, -0.1) is 0 Å². The molecule has 1 aromatic rings. The van der Waals surface area contributed by atoms with Crippen LogP contribution in [0, 0.1) is 6.92 Å². The molecule has 1 fully saturated rings. The lowest BCUT2D eigenvalue weighted by molar-refractivity contribution is -0.117. The molecule has 3 nitrogen and oxygen atoms in total. The summed E-state index contributed by atoms with van der Waals surface area (Å²) in [4.78, 5) is 11.9. The molecule has 2 rings (SSSR count). The summed E-state index contributed by atoms with van der Waals surface area (Å²) in [6.45, 7) is 2.95. The maximum atomic E-state index is 11.9. The molecule has 0 bridgehead atoms. The van der Waals surface area contributed by atoms with E-state index < -0.39 is 0 Å². The minimum absolute atomic E-state index is 0.0348. The highest BCUT2D eigenvalue weighted by Gasteiger charge is 2.22. The monoisotopic (exact) mass is 282 g/mol. The molecule has 4 heteroatoms. The van der Waals surface area contributed by atoms with Gasteiger partial charge in [0.25, 0.3) is 0 Å². The van der Waals surface area contributed by atoms with Crippen molar-refractivity contribution in [3.05, 3.63) is 28.2 Å². The predicted molar refractivity (Wildman–Crippen MR) is 68.5 cm³/mol. The molecular weight excluding hydrogens is 268 g/mol. The Kier molecular flexibility index (Phi) is 3.61. The summed E-state index contributed by atoms with van der Waals surface area (Å²) in [7, 11) is 0. The molecule has 16 heavy (non-hydrogen) atoms. The summed E-state index contributed by atoms with van der Waals surface area (Å²) in [6.07, 6.45) is 2.00. The largest absolute Gasteiger partial charge is 0.324 e. The maximum Gasteiger partial charge on any atom is 0.241 e. The molecule has 1 aliphatic rings. The molecule has 1 heterocycles. The van der Waals surface area contributed by atoms with Gasteiger partial charge in [-0.25, -0.2) is 0 Å². The third kappa shape index (κ3) is 2.62. The molecule has 0 aliphatic carbocycles. The number of amides is 1. The van der Waals surface area contributed by atoms with Crippen molar-refractivity contribution < 1.29 is 4.79 Å². The van der Waals surface area contributed by atoms with Crippen LogP contribution in [0.3, 0.4) is 0 Å². The fourth-order valence-electron chi connectivity index (χ4n) is 1.86. The van der Waals surface area contributed by atoms with Crippen molar-refractivity contribution in [2.75, 3.05) is 11.9 Å². The van der Waals surface area contributed by atoms with E-state index in [4.69, 9.17) is 0 Å². The van der Waals surface area contributed by atoms with Gasteiger partial charge < -0.3 is 10.6 Å². The molecule has 1 saturated heterocycles. The molecule has 86 valence electrons. The number of carbonyl (C=O) groups excluding carboxylic acids is 1. The van der Waals surface area contributed by atoms with Crippen LogP contribution in [-0.2, 0) is 4.79 Å². The van der Waals surface area contributed by atoms with E-state index in [1.165, 1.54) is 0 Å². The number of benzene rings is 1. The van der Waals surface area contributed by atoms with Gasteiger partial charge in [-0.1, -0.05) is 6.07 Å². The molecular formula is C12H15BrN2O. The normalized spacial score (nSPS) is 19.8. The predicted octanol–water partition coefficient (Wildman–Crippen LogP) is 2.45. The van der Waals surface area contributed by atoms with Crippen LogP contribution in [0.5, 0.6) is 0 Å². The Morgan fingerprint density at radius 3 is 3.06 bits per heavy atom. The van der Waals surface area contributed by atoms with E-state index in [1.807, 2.05) is 25.1 Å². The Labute approximate surface area is 104 Å². The zero-order valence-electron chi connectivity index (χ0n) is 9.22. The minimum atomic E-state index is -0.0348. The third-order valence-electron chi connectivity index (χ3n) is 2.76. The van der Waals surface area contributed by atoms with Crippen molar-refractivity contribution in [2.24, 2.45) is 0 Å². The van der Waals surface area contributed by atoms with Gasteiger partial charge in [0.05, 0.1) is 11.7 Å². The number of nitrogens with one attached hydrogen (secondary N) is 2. The number of hydrogen-bond acceptors (Lipinski definition) is 2. The van der Waals surface area contributed by atoms with Crippen LogP contribution in [0.25, 0.3) is 0 Å². The van der Waals surface area contributed by atoms with Crippen LogP contribution in [0.4, 0.5) is 5.69 Å². The van der Waals surface area contributed by atoms with E-state index in [2.05, 4.69) is 26.6 Å². The van der Waals surface area contributed by atoms with Gasteiger partial charge in [0.1, 0.15) is 0 Å². The highest BCUT2D eigenvalue weighted by molar-refractivity contribution is 9.10. The first-order valence-corrected chi connectivity index (χ1v) is 6.26. The van der Waals surface area contributed by atoms with Gasteiger partial charge in [0.15, 0.2) is 0 Å². The highest BCUT2D eigenvalue weighted by Crippen LogP contribution is 2.23. The summed E-state index contributed by atoms with van der Waals surface area (Å²) >= 11 is 3.43. The number of halogens is 1. The number of hydrogen-bond donors (Lipinski definition) is 2. The van der Waals surface area contributed by atoms with Crippen LogP contribution >= 0.6 is 15.9 Å². The van der Waals surface area contributed by atoms with Gasteiger partial charge >= 0.3 is 0 Å². The lowest BCUT2D eigenvalue weighted by Crippen LogP contribution is -2.35. The third-order valence-corrected chi connectivity index (χ3v) is 3.45. The number of carbonyl (C=O) groups is 1. The van der Waals surface area contributed by atoms with E-state index in [-0.39, 0.29) is 11.9 Å². The van der Waals surface area contributed by atoms with Gasteiger partial charge in [0.2, 0.25) is 5.91 Å². The average molecular weight is 283 g/mol. The number of aryl methyl sites for hydroxylation is 1. The van der Waals surface area contributed by atoms with Crippen molar-refractivity contribution in [3.8, 4) is 0 Å². The minimum Gasteiger partial charge on any atom is -0.324 e. The topological polar surface area (TPSA) is 41.1 Å². The quantitative estimate of drug-likeness (QED) is 0.875. The standard InChI is InChI=1S/C12H15BrN2O/c1-8-4-5-9(13)11(7-8)15-12(16)10-3-2-6-14-10/h4-5,7,10,14H,2-3,6H2,1H3,(H,15,16)/t10-/m0/s1. The van der Waals surface area contributed by atoms with Crippen molar-refractivity contribution in [3.63, 3.8) is 0 Å². The fourth-order valence-corrected chi connectivity index (χ4v) is 2.21. The van der Waals surface area contributed by atoms with E-state index in [1.54, 1.807) is 0 Å². The van der Waals surface area contributed by atoms with Crippen LogP contribution in [0.15, 0.2) is 22.7 Å². The zero-order chi connectivity index (χ0) is 11.5. The van der Waals surface area contributed by atoms with Crippen molar-refractivity contribution in [2.45, 2.75) is 25.8 Å². The summed E-state index contributed by atoms with van der Waals surface area (Å²) in [6, 6.07) is 5.89. The Hall–Kier alpha value is -0.870. The molecule has 0 spiro atoms. The highest BCUT2D eigenvalue weighted by atomic mass is 79.9. The van der Waals surface area contributed by atoms with Gasteiger partial charge in [-0.05, 0) is 59.9 Å². The number of rotatable bonds is 2. The van der Waals surface area contributed by atoms with E-state index in [0.717, 1.165) is 35.1 Å². The number of anilines is 1. The van der Waals surface area contributed by atoms with Gasteiger partial charge in [-0.2, -0.15) is 0 Å². The Morgan fingerprint density at radius 2 is 2.38 bits per heavy atom. The summed E-state index contributed by atoms with van der Waals surface area (Å²) < 4.78 is 0.921. The average Bonchev–Trinajstić information content (AvgIpc) is 2.76. The van der Waals surface area contributed by atoms with Crippen LogP contribution < -0.4 is 10.6 Å². The second kappa shape index (κ2) is 4.97. The molecule has 0 radical (unpaired) electrons. The van der Waals surface area contributed by atoms with E-state index in [9.17, 15) is 4.79 Å². The van der Waals surface area contributed by atoms with Crippen molar-refractivity contribution >= 4 is 27.5 Å². The van der Waals surface area contributed by atoms with E-state index >= 15 is 0 Å². The fraction of sp³-hybridized carbons (Fsp3) is 0.417. The summed E-state index contributed by atoms with van der Waals surface area (Å²) in [5.74, 6) is 0.0591. The SMILES string of the molecule is Cc1ccc(Br)c(NC(=O)[C@@H]2CCCN2)c1. The van der Waals surface area contributed by atoms with Crippen LogP contribution in [-0.4, -0.2) is 18.5 Å². The van der Waals surface area contributed by atoms with E-state index in [0.29, 0.717) is 0 Å². The van der Waals surface area contributed by atoms with Gasteiger partial charge in [0, 0.05) is 4.47 Å². The summed E-state index contributed by atoms with van der Waals surface area (Å²) in [5, 5.41) is 6.13. The van der Waals surface area contributed by atoms with Crippen LogP contribution in [0.2, 0.25) is 0 Å². The second-order valence-corrected chi connectivity index (χ2v) is 4.98. The smallest absolute Gasteiger partial charge is 0.241 e. The Balaban J connectivity index is 2.07. The molecule has 0 unspecified atom stereocenters. The molecule has 1 aromatic carbocycles. The first-order chi connectivity index (χ1) is 7.66. The summed E-state index contributed by atoms with van der Waals surface area (Å²) in [5.41, 5.74) is 1.98. The lowest BCUT2D eigenvalue weighted by Gasteiger charge is -2.12. The first-order valence-electron chi connectivity index (χ1n) is 5.47. The Bertz CT molecular complexity index is 400. The van der Waals surface area contributed by atoms with Crippen LogP contribution in [0.1, 0.15) is 18.4 Å². The van der Waals surface area contributed by atoms with Crippen molar-refractivity contribution in [1.29, 1.82) is 0 Å². The molecule has 2 N–H and O–H groups in total.